The molecule has 2 aliphatic rings. The highest BCUT2D eigenvalue weighted by atomic mass is 16.5. The van der Waals surface area contributed by atoms with Crippen molar-refractivity contribution in [3.8, 4) is 0 Å². The predicted molar refractivity (Wildman–Crippen MR) is 73.8 cm³/mol. The zero-order chi connectivity index (χ0) is 15.0. The van der Waals surface area contributed by atoms with Gasteiger partial charge in [0.2, 0.25) is 11.8 Å². The van der Waals surface area contributed by atoms with E-state index in [1.807, 2.05) is 12.1 Å². The minimum absolute atomic E-state index is 0.146. The smallest absolute Gasteiger partial charge is 0.248 e. The SMILES string of the molecule is COCCN1C(=O)[C@@H]2[C@H](c3cccnc3)NN(C)[C@H]2C1=O. The Kier molecular flexibility index (Phi) is 3.71. The van der Waals surface area contributed by atoms with Gasteiger partial charge >= 0.3 is 0 Å². The Labute approximate surface area is 122 Å². The van der Waals surface area contributed by atoms with Gasteiger partial charge in [0.25, 0.3) is 0 Å². The lowest BCUT2D eigenvalue weighted by atomic mass is 9.92. The predicted octanol–water partition coefficient (Wildman–Crippen LogP) is -0.427. The van der Waals surface area contributed by atoms with Gasteiger partial charge in [0, 0.05) is 26.6 Å². The maximum Gasteiger partial charge on any atom is 0.248 e. The van der Waals surface area contributed by atoms with Gasteiger partial charge in [0.1, 0.15) is 6.04 Å². The van der Waals surface area contributed by atoms with E-state index in [4.69, 9.17) is 4.74 Å². The standard InChI is InChI=1S/C14H18N4O3/c1-17-12-10(11(16-17)9-4-3-5-15-8-9)13(19)18(14(12)20)6-7-21-2/h3-5,8,10-12,16H,6-7H2,1-2H3/t10-,11+,12-/m1/s1. The number of hydrogen-bond donors (Lipinski definition) is 1. The van der Waals surface area contributed by atoms with Crippen LogP contribution in [0.4, 0.5) is 0 Å². The van der Waals surface area contributed by atoms with Gasteiger partial charge in [-0.25, -0.2) is 10.4 Å². The number of methoxy groups -OCH3 is 1. The molecule has 3 atom stereocenters. The quantitative estimate of drug-likeness (QED) is 0.759. The first-order valence-corrected chi connectivity index (χ1v) is 6.88. The number of hydrogen-bond acceptors (Lipinski definition) is 6. The monoisotopic (exact) mass is 290 g/mol. The second-order valence-corrected chi connectivity index (χ2v) is 5.30. The highest BCUT2D eigenvalue weighted by molar-refractivity contribution is 6.07. The van der Waals surface area contributed by atoms with E-state index in [0.29, 0.717) is 13.2 Å². The van der Waals surface area contributed by atoms with Crippen LogP contribution in [0.1, 0.15) is 11.6 Å². The molecule has 0 radical (unpaired) electrons. The normalized spacial score (nSPS) is 29.2. The third-order valence-corrected chi connectivity index (χ3v) is 4.09. The van der Waals surface area contributed by atoms with E-state index in [-0.39, 0.29) is 17.9 Å². The largest absolute Gasteiger partial charge is 0.383 e. The van der Waals surface area contributed by atoms with Gasteiger partial charge in [0.05, 0.1) is 25.1 Å². The molecule has 112 valence electrons. The minimum Gasteiger partial charge on any atom is -0.383 e. The van der Waals surface area contributed by atoms with Crippen molar-refractivity contribution in [3.05, 3.63) is 30.1 Å². The summed E-state index contributed by atoms with van der Waals surface area (Å²) in [5.74, 6) is -0.722. The van der Waals surface area contributed by atoms with E-state index in [2.05, 4.69) is 10.4 Å². The summed E-state index contributed by atoms with van der Waals surface area (Å²) in [4.78, 5) is 30.4. The molecular formula is C14H18N4O3. The number of nitrogens with one attached hydrogen (secondary N) is 1. The van der Waals surface area contributed by atoms with Crippen molar-refractivity contribution in [3.63, 3.8) is 0 Å². The zero-order valence-electron chi connectivity index (χ0n) is 12.0. The average molecular weight is 290 g/mol. The van der Waals surface area contributed by atoms with Gasteiger partial charge in [-0.1, -0.05) is 6.07 Å². The lowest BCUT2D eigenvalue weighted by Crippen LogP contribution is -2.43. The number of amides is 2. The highest BCUT2D eigenvalue weighted by Crippen LogP contribution is 2.38. The third-order valence-electron chi connectivity index (χ3n) is 4.09. The van der Waals surface area contributed by atoms with Crippen LogP contribution in [0.25, 0.3) is 0 Å². The van der Waals surface area contributed by atoms with Gasteiger partial charge in [-0.05, 0) is 11.6 Å². The summed E-state index contributed by atoms with van der Waals surface area (Å²) in [6, 6.07) is 3.06. The fraction of sp³-hybridized carbons (Fsp3) is 0.500. The number of likely N-dealkylation sites (N-methyl/N-ethyl adjacent to an activating group) is 1. The molecule has 3 rings (SSSR count). The summed E-state index contributed by atoms with van der Waals surface area (Å²) >= 11 is 0. The topological polar surface area (TPSA) is 74.8 Å². The summed E-state index contributed by atoms with van der Waals surface area (Å²) < 4.78 is 4.98. The van der Waals surface area contributed by atoms with E-state index < -0.39 is 12.0 Å². The zero-order valence-corrected chi connectivity index (χ0v) is 12.0. The van der Waals surface area contributed by atoms with Crippen molar-refractivity contribution >= 4 is 11.8 Å². The number of carbonyl (C=O) groups excluding carboxylic acids is 2. The fourth-order valence-electron chi connectivity index (χ4n) is 3.09. The Morgan fingerprint density at radius 2 is 2.19 bits per heavy atom. The Bertz CT molecular complexity index is 550. The number of hydrazine groups is 1. The van der Waals surface area contributed by atoms with Crippen LogP contribution in [0.15, 0.2) is 24.5 Å². The molecule has 7 nitrogen and oxygen atoms in total. The first-order chi connectivity index (χ1) is 10.1. The molecule has 0 saturated carbocycles. The summed E-state index contributed by atoms with van der Waals surface area (Å²) in [6.07, 6.45) is 3.41. The highest BCUT2D eigenvalue weighted by Gasteiger charge is 2.57. The lowest BCUT2D eigenvalue weighted by Gasteiger charge is -2.21. The number of imide groups is 1. The van der Waals surface area contributed by atoms with E-state index >= 15 is 0 Å². The molecule has 0 bridgehead atoms. The Balaban J connectivity index is 1.89. The van der Waals surface area contributed by atoms with E-state index in [0.717, 1.165) is 5.56 Å². The Morgan fingerprint density at radius 3 is 2.86 bits per heavy atom. The van der Waals surface area contributed by atoms with Crippen molar-refractivity contribution in [2.75, 3.05) is 27.3 Å². The number of rotatable bonds is 4. The van der Waals surface area contributed by atoms with Crippen molar-refractivity contribution < 1.29 is 14.3 Å². The van der Waals surface area contributed by atoms with Crippen LogP contribution >= 0.6 is 0 Å². The Hall–Kier alpha value is -1.83. The van der Waals surface area contributed by atoms with E-state index in [9.17, 15) is 9.59 Å². The maximum absolute atomic E-state index is 12.6. The van der Waals surface area contributed by atoms with Crippen LogP contribution in [-0.2, 0) is 14.3 Å². The van der Waals surface area contributed by atoms with Gasteiger partial charge in [-0.15, -0.1) is 0 Å². The number of carbonyl (C=O) groups is 2. The van der Waals surface area contributed by atoms with E-state index in [1.54, 1.807) is 31.6 Å². The van der Waals surface area contributed by atoms with Crippen molar-refractivity contribution in [1.82, 2.24) is 20.3 Å². The number of ether oxygens (including phenoxy) is 1. The van der Waals surface area contributed by atoms with Crippen LogP contribution in [0.3, 0.4) is 0 Å². The molecule has 1 aromatic rings. The average Bonchev–Trinajstić information content (AvgIpc) is 2.96. The molecule has 3 heterocycles. The van der Waals surface area contributed by atoms with Gasteiger partial charge in [-0.3, -0.25) is 19.5 Å². The summed E-state index contributed by atoms with van der Waals surface area (Å²) in [5, 5.41) is 1.73. The van der Waals surface area contributed by atoms with Crippen LogP contribution in [-0.4, -0.2) is 60.1 Å². The van der Waals surface area contributed by atoms with Gasteiger partial charge < -0.3 is 4.74 Å². The first kappa shape index (κ1) is 14.1. The molecule has 2 fully saturated rings. The lowest BCUT2D eigenvalue weighted by molar-refractivity contribution is -0.142. The van der Waals surface area contributed by atoms with Crippen LogP contribution < -0.4 is 5.43 Å². The molecule has 21 heavy (non-hydrogen) atoms. The number of nitrogens with zero attached hydrogens (tertiary/aromatic N) is 3. The summed E-state index contributed by atoms with van der Waals surface area (Å²) in [6.45, 7) is 0.653. The molecule has 0 spiro atoms. The minimum atomic E-state index is -0.459. The van der Waals surface area contributed by atoms with Crippen LogP contribution in [0.5, 0.6) is 0 Å². The Morgan fingerprint density at radius 1 is 1.38 bits per heavy atom. The molecule has 1 N–H and O–H groups in total. The summed E-state index contributed by atoms with van der Waals surface area (Å²) in [5.41, 5.74) is 4.11. The van der Waals surface area contributed by atoms with Crippen molar-refractivity contribution in [2.24, 2.45) is 5.92 Å². The summed E-state index contributed by atoms with van der Waals surface area (Å²) in [7, 11) is 3.34. The number of likely N-dealkylation sites (tertiary alicyclic amines) is 1. The molecular weight excluding hydrogens is 272 g/mol. The molecule has 7 heteroatoms. The van der Waals surface area contributed by atoms with Crippen LogP contribution in [0.2, 0.25) is 0 Å². The fourth-order valence-corrected chi connectivity index (χ4v) is 3.09. The van der Waals surface area contributed by atoms with Crippen molar-refractivity contribution in [1.29, 1.82) is 0 Å². The first-order valence-electron chi connectivity index (χ1n) is 6.88. The molecule has 2 saturated heterocycles. The molecule has 2 amide bonds. The second-order valence-electron chi connectivity index (χ2n) is 5.30. The molecule has 2 aliphatic heterocycles. The number of fused-ring (bicyclic) bond motifs is 1. The molecule has 0 unspecified atom stereocenters. The van der Waals surface area contributed by atoms with Crippen molar-refractivity contribution in [2.45, 2.75) is 12.1 Å². The molecule has 0 aromatic carbocycles. The second kappa shape index (κ2) is 5.51. The molecule has 1 aromatic heterocycles. The number of aromatic nitrogens is 1. The maximum atomic E-state index is 12.6. The van der Waals surface area contributed by atoms with Gasteiger partial charge in [-0.2, -0.15) is 0 Å². The number of pyridine rings is 1. The third kappa shape index (κ3) is 2.23. The van der Waals surface area contributed by atoms with Crippen LogP contribution in [0, 0.1) is 5.92 Å². The van der Waals surface area contributed by atoms with E-state index in [1.165, 1.54) is 4.90 Å². The molecule has 0 aliphatic carbocycles. The van der Waals surface area contributed by atoms with Gasteiger partial charge in [0.15, 0.2) is 0 Å².